The summed E-state index contributed by atoms with van der Waals surface area (Å²) in [6.07, 6.45) is 6.27. The minimum absolute atomic E-state index is 0.172. The minimum Gasteiger partial charge on any atom is -0.485 e. The van der Waals surface area contributed by atoms with Gasteiger partial charge in [-0.3, -0.25) is 14.6 Å². The van der Waals surface area contributed by atoms with Crippen LogP contribution in [0.4, 0.5) is 5.82 Å². The zero-order chi connectivity index (χ0) is 21.5. The van der Waals surface area contributed by atoms with Crippen LogP contribution in [0.3, 0.4) is 0 Å². The number of carbonyl (C=O) groups is 1. The molecular formula is C23H21N5O3. The maximum Gasteiger partial charge on any atom is 0.258 e. The molecule has 0 aliphatic rings. The Morgan fingerprint density at radius 2 is 1.87 bits per heavy atom. The third-order valence-electron chi connectivity index (χ3n) is 4.65. The van der Waals surface area contributed by atoms with Crippen molar-refractivity contribution in [3.8, 4) is 5.75 Å². The number of benzene rings is 1. The van der Waals surface area contributed by atoms with Crippen molar-refractivity contribution in [3.63, 3.8) is 0 Å². The first-order chi connectivity index (χ1) is 15.2. The molecule has 0 saturated carbocycles. The highest BCUT2D eigenvalue weighted by Crippen LogP contribution is 2.22. The van der Waals surface area contributed by atoms with Crippen LogP contribution < -0.4 is 15.6 Å². The number of aryl methyl sites for hydroxylation is 1. The van der Waals surface area contributed by atoms with Crippen LogP contribution >= 0.6 is 0 Å². The van der Waals surface area contributed by atoms with Crippen molar-refractivity contribution in [1.82, 2.24) is 19.9 Å². The molecule has 0 bridgehead atoms. The van der Waals surface area contributed by atoms with Crippen molar-refractivity contribution < 1.29 is 9.53 Å². The van der Waals surface area contributed by atoms with Crippen molar-refractivity contribution in [2.24, 2.45) is 0 Å². The second kappa shape index (κ2) is 9.62. The van der Waals surface area contributed by atoms with Crippen LogP contribution in [0.5, 0.6) is 5.75 Å². The van der Waals surface area contributed by atoms with Gasteiger partial charge in [0.2, 0.25) is 5.91 Å². The Labute approximate surface area is 178 Å². The van der Waals surface area contributed by atoms with Crippen LogP contribution in [0.1, 0.15) is 24.2 Å². The molecule has 0 aliphatic carbocycles. The van der Waals surface area contributed by atoms with E-state index in [1.54, 1.807) is 48.9 Å². The first-order valence-corrected chi connectivity index (χ1v) is 9.93. The molecule has 0 saturated heterocycles. The molecule has 0 aliphatic heterocycles. The number of hydrogen-bond acceptors (Lipinski definition) is 6. The fraction of sp³-hybridized carbons (Fsp3) is 0.174. The van der Waals surface area contributed by atoms with Gasteiger partial charge in [0.15, 0.2) is 11.6 Å². The topological polar surface area (TPSA) is 110 Å². The molecule has 0 unspecified atom stereocenters. The summed E-state index contributed by atoms with van der Waals surface area (Å²) in [6.45, 7) is 0.345. The zero-order valence-electron chi connectivity index (χ0n) is 16.7. The lowest BCUT2D eigenvalue weighted by Gasteiger charge is -2.11. The number of anilines is 1. The summed E-state index contributed by atoms with van der Waals surface area (Å²) in [5, 5.41) is 3.35. The van der Waals surface area contributed by atoms with Crippen LogP contribution in [0.25, 0.3) is 10.9 Å². The number of ether oxygens (including phenoxy) is 1. The normalized spacial score (nSPS) is 10.7. The highest BCUT2D eigenvalue weighted by molar-refractivity contribution is 5.91. The van der Waals surface area contributed by atoms with E-state index in [1.165, 1.54) is 0 Å². The Hall–Kier alpha value is -4.07. The van der Waals surface area contributed by atoms with E-state index in [9.17, 15) is 9.59 Å². The van der Waals surface area contributed by atoms with Crippen LogP contribution in [0.15, 0.2) is 71.9 Å². The van der Waals surface area contributed by atoms with E-state index in [4.69, 9.17) is 4.74 Å². The van der Waals surface area contributed by atoms with Crippen LogP contribution in [0.2, 0.25) is 0 Å². The van der Waals surface area contributed by atoms with Gasteiger partial charge in [0.05, 0.1) is 10.9 Å². The molecular weight excluding hydrogens is 394 g/mol. The molecule has 2 N–H and O–H groups in total. The number of hydrogen-bond donors (Lipinski definition) is 2. The number of rotatable bonds is 8. The molecule has 3 aromatic heterocycles. The summed E-state index contributed by atoms with van der Waals surface area (Å²) in [7, 11) is 0. The molecule has 4 aromatic rings. The Balaban J connectivity index is 1.33. The van der Waals surface area contributed by atoms with Gasteiger partial charge in [0.1, 0.15) is 12.4 Å². The predicted octanol–water partition coefficient (Wildman–Crippen LogP) is 3.25. The highest BCUT2D eigenvalue weighted by Gasteiger charge is 2.10. The lowest BCUT2D eigenvalue weighted by Crippen LogP contribution is -2.15. The molecule has 31 heavy (non-hydrogen) atoms. The van der Waals surface area contributed by atoms with Crippen molar-refractivity contribution in [2.75, 3.05) is 5.32 Å². The van der Waals surface area contributed by atoms with Crippen LogP contribution in [-0.2, 0) is 17.8 Å². The Morgan fingerprint density at radius 1 is 1.03 bits per heavy atom. The third-order valence-corrected chi connectivity index (χ3v) is 4.65. The molecule has 0 radical (unpaired) electrons. The Kier molecular flexibility index (Phi) is 6.27. The van der Waals surface area contributed by atoms with Crippen LogP contribution in [-0.4, -0.2) is 25.8 Å². The zero-order valence-corrected chi connectivity index (χ0v) is 16.7. The molecule has 3 heterocycles. The molecule has 0 atom stereocenters. The van der Waals surface area contributed by atoms with Crippen LogP contribution in [0, 0.1) is 0 Å². The van der Waals surface area contributed by atoms with Gasteiger partial charge in [-0.1, -0.05) is 12.1 Å². The lowest BCUT2D eigenvalue weighted by atomic mass is 10.2. The fourth-order valence-electron chi connectivity index (χ4n) is 3.11. The van der Waals surface area contributed by atoms with Crippen molar-refractivity contribution in [2.45, 2.75) is 25.9 Å². The monoisotopic (exact) mass is 415 g/mol. The van der Waals surface area contributed by atoms with E-state index in [1.807, 2.05) is 18.2 Å². The number of amides is 1. The van der Waals surface area contributed by atoms with E-state index in [0.717, 1.165) is 5.56 Å². The molecule has 0 fully saturated rings. The van der Waals surface area contributed by atoms with Crippen molar-refractivity contribution in [1.29, 1.82) is 0 Å². The maximum absolute atomic E-state index is 12.4. The SMILES string of the molecule is O=C(CCCc1nc2ccccc2c(=O)[nH]1)Nc1ncccc1OCc1ccncc1. The van der Waals surface area contributed by atoms with Gasteiger partial charge in [-0.25, -0.2) is 9.97 Å². The van der Waals surface area contributed by atoms with E-state index >= 15 is 0 Å². The number of nitrogens with one attached hydrogen (secondary N) is 2. The fourth-order valence-corrected chi connectivity index (χ4v) is 3.11. The van der Waals surface area contributed by atoms with E-state index in [2.05, 4.69) is 25.3 Å². The average Bonchev–Trinajstić information content (AvgIpc) is 2.79. The quantitative estimate of drug-likeness (QED) is 0.457. The first kappa shape index (κ1) is 20.2. The van der Waals surface area contributed by atoms with E-state index in [0.29, 0.717) is 47.7 Å². The Morgan fingerprint density at radius 3 is 2.74 bits per heavy atom. The Bertz CT molecular complexity index is 1240. The van der Waals surface area contributed by atoms with Gasteiger partial charge >= 0.3 is 0 Å². The average molecular weight is 415 g/mol. The molecule has 156 valence electrons. The number of fused-ring (bicyclic) bond motifs is 1. The summed E-state index contributed by atoms with van der Waals surface area (Å²) in [5.74, 6) is 1.25. The summed E-state index contributed by atoms with van der Waals surface area (Å²) < 4.78 is 5.80. The predicted molar refractivity (Wildman–Crippen MR) is 117 cm³/mol. The van der Waals surface area contributed by atoms with Crippen molar-refractivity contribution in [3.05, 3.63) is 88.9 Å². The molecule has 1 amide bonds. The number of nitrogens with zero attached hydrogens (tertiary/aromatic N) is 3. The number of aromatic nitrogens is 4. The molecule has 1 aromatic carbocycles. The van der Waals surface area contributed by atoms with Gasteiger partial charge in [-0.15, -0.1) is 0 Å². The lowest BCUT2D eigenvalue weighted by molar-refractivity contribution is -0.116. The largest absolute Gasteiger partial charge is 0.485 e. The number of carbonyl (C=O) groups excluding carboxylic acids is 1. The molecule has 0 spiro atoms. The molecule has 4 rings (SSSR count). The second-order valence-corrected chi connectivity index (χ2v) is 6.93. The van der Waals surface area contributed by atoms with Crippen molar-refractivity contribution >= 4 is 22.6 Å². The van der Waals surface area contributed by atoms with Gasteiger partial charge in [0, 0.05) is 31.4 Å². The first-order valence-electron chi connectivity index (χ1n) is 9.93. The number of pyridine rings is 2. The molecule has 8 nitrogen and oxygen atoms in total. The highest BCUT2D eigenvalue weighted by atomic mass is 16.5. The standard InChI is InChI=1S/C23H21N5O3/c29-21(9-3-8-20-26-18-6-2-1-5-17(18)23(30)27-20)28-22-19(7-4-12-25-22)31-15-16-10-13-24-14-11-16/h1-2,4-7,10-14H,3,8-9,15H2,(H,25,28,29)(H,26,27,30). The maximum atomic E-state index is 12.4. The minimum atomic E-state index is -0.185. The second-order valence-electron chi connectivity index (χ2n) is 6.93. The van der Waals surface area contributed by atoms with E-state index < -0.39 is 0 Å². The number of para-hydroxylation sites is 1. The summed E-state index contributed by atoms with van der Waals surface area (Å²) in [5.41, 5.74) is 1.44. The number of aromatic amines is 1. The third kappa shape index (κ3) is 5.30. The van der Waals surface area contributed by atoms with Gasteiger partial charge in [-0.2, -0.15) is 0 Å². The summed E-state index contributed by atoms with van der Waals surface area (Å²) in [6, 6.07) is 14.4. The van der Waals surface area contributed by atoms with Gasteiger partial charge in [0.25, 0.3) is 5.56 Å². The molecule has 8 heteroatoms. The van der Waals surface area contributed by atoms with Gasteiger partial charge < -0.3 is 15.0 Å². The summed E-state index contributed by atoms with van der Waals surface area (Å²) in [4.78, 5) is 40.0. The van der Waals surface area contributed by atoms with E-state index in [-0.39, 0.29) is 17.9 Å². The summed E-state index contributed by atoms with van der Waals surface area (Å²) >= 11 is 0. The number of H-pyrrole nitrogens is 1. The smallest absolute Gasteiger partial charge is 0.258 e. The van der Waals surface area contributed by atoms with Gasteiger partial charge in [-0.05, 0) is 48.4 Å².